The van der Waals surface area contributed by atoms with Crippen LogP contribution in [0.2, 0.25) is 5.02 Å². The van der Waals surface area contributed by atoms with E-state index in [0.29, 0.717) is 0 Å². The van der Waals surface area contributed by atoms with Gasteiger partial charge in [-0.25, -0.2) is 9.37 Å². The highest BCUT2D eigenvalue weighted by atomic mass is 35.5. The number of anilines is 1. The fourth-order valence-corrected chi connectivity index (χ4v) is 5.97. The third-order valence-corrected chi connectivity index (χ3v) is 8.15. The fraction of sp³-hybridized carbons (Fsp3) is 0.444. The number of alkyl halides is 3. The number of nitrogens with zero attached hydrogens (tertiary/aromatic N) is 4. The second-order valence-corrected chi connectivity index (χ2v) is 10.9. The first-order chi connectivity index (χ1) is 19.2. The molecule has 5 rings (SSSR count). The van der Waals surface area contributed by atoms with Gasteiger partial charge in [0.2, 0.25) is 5.91 Å². The number of benzene rings is 1. The number of phenolic OH excluding ortho intramolecular Hbond substituents is 1. The number of aromatic hydroxyl groups is 1. The predicted octanol–water partition coefficient (Wildman–Crippen LogP) is 4.37. The Hall–Kier alpha value is -3.58. The Balaban J connectivity index is 1.68. The number of hydrogen-bond donors (Lipinski definition) is 1. The maximum Gasteiger partial charge on any atom is 0.522 e. The molecule has 2 aromatic rings. The number of piperazine rings is 1. The van der Waals surface area contributed by atoms with Gasteiger partial charge in [-0.2, -0.15) is 0 Å². The number of pyridine rings is 1. The van der Waals surface area contributed by atoms with Crippen molar-refractivity contribution in [2.24, 2.45) is 0 Å². The minimum Gasteiger partial charge on any atom is -0.507 e. The SMILES string of the molecule is C=CC(=O)N1CCN2C(=O)c3c(N4CCC(OC(F)(F)F)C4(C)C)nc(-c4c(O)cccc4F)c(Cl)c3OCC2C1. The van der Waals surface area contributed by atoms with E-state index in [1.54, 1.807) is 0 Å². The van der Waals surface area contributed by atoms with Crippen molar-refractivity contribution in [1.29, 1.82) is 0 Å². The van der Waals surface area contributed by atoms with Gasteiger partial charge < -0.3 is 24.5 Å². The molecule has 1 N–H and O–H groups in total. The van der Waals surface area contributed by atoms with Crippen molar-refractivity contribution in [2.45, 2.75) is 44.3 Å². The molecule has 41 heavy (non-hydrogen) atoms. The first-order valence-corrected chi connectivity index (χ1v) is 13.2. The molecule has 14 heteroatoms. The number of ether oxygens (including phenoxy) is 2. The number of carbonyl (C=O) groups is 2. The average molecular weight is 599 g/mol. The summed E-state index contributed by atoms with van der Waals surface area (Å²) in [6.45, 7) is 6.96. The standard InChI is InChI=1S/C27H27ClF4N4O5/c1-4-18(38)34-10-11-35-14(12-34)13-40-23-20(25(35)39)24(36-9-8-17(26(36,2)3)41-27(30,31)32)33-22(21(23)28)19-15(29)6-5-7-16(19)37/h4-7,14,17,37H,1,8-13H2,2-3H3. The number of rotatable bonds is 4. The molecule has 0 saturated carbocycles. The topological polar surface area (TPSA) is 95.4 Å². The number of halogens is 5. The summed E-state index contributed by atoms with van der Waals surface area (Å²) in [7, 11) is 0. The van der Waals surface area contributed by atoms with Gasteiger partial charge in [0, 0.05) is 26.2 Å². The molecule has 2 unspecified atom stereocenters. The average Bonchev–Trinajstić information content (AvgIpc) is 3.09. The molecule has 9 nitrogen and oxygen atoms in total. The number of carbonyl (C=O) groups excluding carboxylic acids is 2. The number of aromatic nitrogens is 1. The van der Waals surface area contributed by atoms with Gasteiger partial charge in [0.25, 0.3) is 5.91 Å². The van der Waals surface area contributed by atoms with E-state index in [-0.39, 0.29) is 78.5 Å². The molecule has 0 spiro atoms. The molecule has 2 atom stereocenters. The van der Waals surface area contributed by atoms with E-state index in [9.17, 15) is 27.9 Å². The first-order valence-electron chi connectivity index (χ1n) is 12.8. The van der Waals surface area contributed by atoms with E-state index in [0.717, 1.165) is 6.07 Å². The zero-order valence-electron chi connectivity index (χ0n) is 22.2. The van der Waals surface area contributed by atoms with E-state index in [1.807, 2.05) is 0 Å². The Morgan fingerprint density at radius 1 is 1.27 bits per heavy atom. The van der Waals surface area contributed by atoms with Crippen LogP contribution in [-0.4, -0.2) is 88.5 Å². The molecule has 4 heterocycles. The highest BCUT2D eigenvalue weighted by Gasteiger charge is 2.50. The fourth-order valence-electron chi connectivity index (χ4n) is 5.69. The first kappa shape index (κ1) is 28.9. The molecule has 0 radical (unpaired) electrons. The molecular weight excluding hydrogens is 572 g/mol. The van der Waals surface area contributed by atoms with Gasteiger partial charge in [-0.05, 0) is 38.5 Å². The molecule has 1 aromatic heterocycles. The number of hydrogen-bond acceptors (Lipinski definition) is 7. The third-order valence-electron chi connectivity index (χ3n) is 7.80. The highest BCUT2D eigenvalue weighted by Crippen LogP contribution is 2.48. The highest BCUT2D eigenvalue weighted by molar-refractivity contribution is 6.35. The summed E-state index contributed by atoms with van der Waals surface area (Å²) >= 11 is 6.70. The van der Waals surface area contributed by atoms with Crippen LogP contribution in [0.4, 0.5) is 23.4 Å². The predicted molar refractivity (Wildman–Crippen MR) is 140 cm³/mol. The Labute approximate surface area is 237 Å². The van der Waals surface area contributed by atoms with Crippen LogP contribution in [0.3, 0.4) is 0 Å². The number of amides is 2. The van der Waals surface area contributed by atoms with Crippen LogP contribution < -0.4 is 9.64 Å². The van der Waals surface area contributed by atoms with E-state index in [1.165, 1.54) is 46.8 Å². The number of phenols is 1. The third kappa shape index (κ3) is 5.05. The molecule has 220 valence electrons. The minimum atomic E-state index is -4.90. The lowest BCUT2D eigenvalue weighted by molar-refractivity contribution is -0.346. The lowest BCUT2D eigenvalue weighted by atomic mass is 9.97. The van der Waals surface area contributed by atoms with Crippen LogP contribution in [-0.2, 0) is 9.53 Å². The summed E-state index contributed by atoms with van der Waals surface area (Å²) < 4.78 is 65.2. The summed E-state index contributed by atoms with van der Waals surface area (Å²) in [5.74, 6) is -2.45. The second-order valence-electron chi connectivity index (χ2n) is 10.5. The van der Waals surface area contributed by atoms with Crippen molar-refractivity contribution >= 4 is 29.2 Å². The van der Waals surface area contributed by atoms with Gasteiger partial charge >= 0.3 is 6.36 Å². The van der Waals surface area contributed by atoms with Crippen LogP contribution >= 0.6 is 11.6 Å². The van der Waals surface area contributed by atoms with Crippen LogP contribution in [0.5, 0.6) is 11.5 Å². The van der Waals surface area contributed by atoms with Crippen LogP contribution in [0.15, 0.2) is 30.9 Å². The summed E-state index contributed by atoms with van der Waals surface area (Å²) in [6.07, 6.45) is -5.10. The number of fused-ring (bicyclic) bond motifs is 2. The normalized spacial score (nSPS) is 22.1. The van der Waals surface area contributed by atoms with Gasteiger partial charge in [0.05, 0.1) is 23.2 Å². The van der Waals surface area contributed by atoms with Crippen molar-refractivity contribution in [3.63, 3.8) is 0 Å². The van der Waals surface area contributed by atoms with Crippen molar-refractivity contribution < 1.29 is 41.7 Å². The Bertz CT molecular complexity index is 1400. The zero-order chi connectivity index (χ0) is 29.9. The molecule has 0 aliphatic carbocycles. The summed E-state index contributed by atoms with van der Waals surface area (Å²) in [5, 5.41) is 10.3. The van der Waals surface area contributed by atoms with Gasteiger partial charge in [-0.15, -0.1) is 13.2 Å². The maximum atomic E-state index is 15.0. The van der Waals surface area contributed by atoms with E-state index in [2.05, 4.69) is 16.3 Å². The summed E-state index contributed by atoms with van der Waals surface area (Å²) in [5.41, 5.74) is -2.05. The molecular formula is C27H27ClF4N4O5. The van der Waals surface area contributed by atoms with Crippen LogP contribution in [0.25, 0.3) is 11.3 Å². The van der Waals surface area contributed by atoms with Gasteiger partial charge in [0.15, 0.2) is 5.75 Å². The van der Waals surface area contributed by atoms with Crippen molar-refractivity contribution in [2.75, 3.05) is 37.7 Å². The minimum absolute atomic E-state index is 0.00976. The van der Waals surface area contributed by atoms with Gasteiger partial charge in [0.1, 0.15) is 40.3 Å². The quantitative estimate of drug-likeness (QED) is 0.412. The van der Waals surface area contributed by atoms with Gasteiger partial charge in [-0.1, -0.05) is 24.2 Å². The second kappa shape index (κ2) is 10.4. The zero-order valence-corrected chi connectivity index (χ0v) is 22.9. The van der Waals surface area contributed by atoms with E-state index in [4.69, 9.17) is 16.3 Å². The molecule has 3 aliphatic rings. The molecule has 3 aliphatic heterocycles. The Morgan fingerprint density at radius 2 is 2.00 bits per heavy atom. The molecule has 2 saturated heterocycles. The maximum absolute atomic E-state index is 15.0. The Kier molecular flexibility index (Phi) is 7.31. The molecule has 1 aromatic carbocycles. The largest absolute Gasteiger partial charge is 0.522 e. The summed E-state index contributed by atoms with van der Waals surface area (Å²) in [4.78, 5) is 35.4. The van der Waals surface area contributed by atoms with Crippen LogP contribution in [0, 0.1) is 5.82 Å². The monoisotopic (exact) mass is 598 g/mol. The molecule has 2 amide bonds. The lowest BCUT2D eigenvalue weighted by Gasteiger charge is -2.40. The van der Waals surface area contributed by atoms with Crippen LogP contribution in [0.1, 0.15) is 30.6 Å². The molecule has 2 fully saturated rings. The van der Waals surface area contributed by atoms with Crippen molar-refractivity contribution in [3.05, 3.63) is 47.3 Å². The lowest BCUT2D eigenvalue weighted by Crippen LogP contribution is -2.57. The van der Waals surface area contributed by atoms with E-state index < -0.39 is 41.5 Å². The van der Waals surface area contributed by atoms with E-state index >= 15 is 4.39 Å². The molecule has 0 bridgehead atoms. The summed E-state index contributed by atoms with van der Waals surface area (Å²) in [6, 6.07) is 3.01. The van der Waals surface area contributed by atoms with Crippen molar-refractivity contribution in [1.82, 2.24) is 14.8 Å². The Morgan fingerprint density at radius 3 is 2.66 bits per heavy atom. The van der Waals surface area contributed by atoms with Crippen molar-refractivity contribution in [3.8, 4) is 22.8 Å². The smallest absolute Gasteiger partial charge is 0.507 e. The van der Waals surface area contributed by atoms with Gasteiger partial charge in [-0.3, -0.25) is 14.3 Å².